The Labute approximate surface area is 99.7 Å². The van der Waals surface area contributed by atoms with Crippen molar-refractivity contribution in [3.05, 3.63) is 28.8 Å². The largest absolute Gasteiger partial charge is 0.507 e. The summed E-state index contributed by atoms with van der Waals surface area (Å²) in [7, 11) is 0. The topological polar surface area (TPSA) is 20.2 Å². The second-order valence-corrected chi connectivity index (χ2v) is 5.26. The van der Waals surface area contributed by atoms with Crippen molar-refractivity contribution in [2.75, 3.05) is 4.43 Å². The molecule has 0 aliphatic carbocycles. The molecule has 0 aliphatic heterocycles. The summed E-state index contributed by atoms with van der Waals surface area (Å²) in [6.45, 7) is 8.34. The van der Waals surface area contributed by atoms with Crippen LogP contribution in [-0.4, -0.2) is 9.53 Å². The molecule has 0 heterocycles. The van der Waals surface area contributed by atoms with Gasteiger partial charge in [-0.15, -0.1) is 0 Å². The van der Waals surface area contributed by atoms with Gasteiger partial charge in [-0.2, -0.15) is 0 Å². The average molecular weight is 304 g/mol. The normalized spacial score (nSPS) is 11.8. The first-order chi connectivity index (χ1) is 6.38. The van der Waals surface area contributed by atoms with Gasteiger partial charge in [0.05, 0.1) is 0 Å². The van der Waals surface area contributed by atoms with Crippen molar-refractivity contribution >= 4 is 22.6 Å². The molecule has 0 aliphatic rings. The Morgan fingerprint density at radius 2 is 1.86 bits per heavy atom. The van der Waals surface area contributed by atoms with Gasteiger partial charge in [-0.25, -0.2) is 0 Å². The monoisotopic (exact) mass is 304 g/mol. The summed E-state index contributed by atoms with van der Waals surface area (Å²) in [6, 6.07) is 4.10. The highest BCUT2D eigenvalue weighted by molar-refractivity contribution is 14.1. The van der Waals surface area contributed by atoms with E-state index in [-0.39, 0.29) is 5.41 Å². The molecule has 0 unspecified atom stereocenters. The first-order valence-electron chi connectivity index (χ1n) is 4.75. The fourth-order valence-corrected chi connectivity index (χ4v) is 1.96. The number of phenolic OH excluding ortho intramolecular Hbond substituents is 1. The zero-order valence-electron chi connectivity index (χ0n) is 9.19. The highest BCUT2D eigenvalue weighted by Crippen LogP contribution is 2.35. The lowest BCUT2D eigenvalue weighted by molar-refractivity contribution is 0.445. The van der Waals surface area contributed by atoms with Crippen LogP contribution in [0.25, 0.3) is 0 Å². The molecule has 14 heavy (non-hydrogen) atoms. The molecule has 0 aromatic heterocycles. The Morgan fingerprint density at radius 1 is 1.29 bits per heavy atom. The summed E-state index contributed by atoms with van der Waals surface area (Å²) in [5, 5.41) is 9.99. The molecular weight excluding hydrogens is 287 g/mol. The molecule has 1 rings (SSSR count). The molecule has 0 amide bonds. The van der Waals surface area contributed by atoms with Gasteiger partial charge in [0, 0.05) is 15.4 Å². The summed E-state index contributed by atoms with van der Waals surface area (Å²) in [4.78, 5) is 0. The average Bonchev–Trinajstić information content (AvgIpc) is 2.11. The van der Waals surface area contributed by atoms with Crippen LogP contribution in [0.5, 0.6) is 5.75 Å². The molecule has 0 saturated heterocycles. The van der Waals surface area contributed by atoms with E-state index in [1.54, 1.807) is 0 Å². The molecule has 0 bridgehead atoms. The predicted molar refractivity (Wildman–Crippen MR) is 69.5 cm³/mol. The molecule has 0 saturated carbocycles. The molecule has 1 N–H and O–H groups in total. The number of hydrogen-bond donors (Lipinski definition) is 1. The Balaban J connectivity index is 3.34. The van der Waals surface area contributed by atoms with Crippen LogP contribution in [-0.2, 0) is 5.41 Å². The lowest BCUT2D eigenvalue weighted by Crippen LogP contribution is -2.19. The van der Waals surface area contributed by atoms with E-state index in [2.05, 4.69) is 49.4 Å². The van der Waals surface area contributed by atoms with E-state index in [1.807, 2.05) is 13.0 Å². The second kappa shape index (κ2) is 4.09. The van der Waals surface area contributed by atoms with Gasteiger partial charge >= 0.3 is 0 Å². The van der Waals surface area contributed by atoms with Crippen molar-refractivity contribution in [1.29, 1.82) is 0 Å². The number of benzene rings is 1. The zero-order chi connectivity index (χ0) is 10.9. The maximum Gasteiger partial charge on any atom is 0.122 e. The Morgan fingerprint density at radius 3 is 2.36 bits per heavy atom. The standard InChI is InChI=1S/C12H17IO/c1-8-5-9(2)11(14)10(6-8)12(3,4)7-13/h5-6,14H,7H2,1-4H3. The highest BCUT2D eigenvalue weighted by atomic mass is 127. The van der Waals surface area contributed by atoms with Crippen LogP contribution >= 0.6 is 22.6 Å². The third-order valence-corrected chi connectivity index (χ3v) is 4.42. The van der Waals surface area contributed by atoms with Crippen molar-refractivity contribution in [3.63, 3.8) is 0 Å². The summed E-state index contributed by atoms with van der Waals surface area (Å²) < 4.78 is 1.00. The van der Waals surface area contributed by atoms with Crippen molar-refractivity contribution < 1.29 is 5.11 Å². The summed E-state index contributed by atoms with van der Waals surface area (Å²) in [5.74, 6) is 0.456. The van der Waals surface area contributed by atoms with Crippen molar-refractivity contribution in [2.24, 2.45) is 0 Å². The summed E-state index contributed by atoms with van der Waals surface area (Å²) >= 11 is 2.36. The maximum atomic E-state index is 9.99. The number of aryl methyl sites for hydroxylation is 2. The number of hydrogen-bond acceptors (Lipinski definition) is 1. The minimum atomic E-state index is 0.0431. The van der Waals surface area contributed by atoms with Crippen molar-refractivity contribution in [1.82, 2.24) is 0 Å². The number of halogens is 1. The zero-order valence-corrected chi connectivity index (χ0v) is 11.3. The smallest absolute Gasteiger partial charge is 0.122 e. The Kier molecular flexibility index (Phi) is 3.45. The molecular formula is C12H17IO. The number of phenols is 1. The van der Waals surface area contributed by atoms with Gasteiger partial charge < -0.3 is 5.11 Å². The van der Waals surface area contributed by atoms with Crippen LogP contribution in [0, 0.1) is 13.8 Å². The lowest BCUT2D eigenvalue weighted by atomic mass is 9.84. The third kappa shape index (κ3) is 2.22. The van der Waals surface area contributed by atoms with Crippen LogP contribution in [0.4, 0.5) is 0 Å². The fraction of sp³-hybridized carbons (Fsp3) is 0.500. The van der Waals surface area contributed by atoms with Gasteiger partial charge in [0.2, 0.25) is 0 Å². The van der Waals surface area contributed by atoms with E-state index in [9.17, 15) is 5.11 Å². The number of rotatable bonds is 2. The molecule has 0 radical (unpaired) electrons. The maximum absolute atomic E-state index is 9.99. The Bertz CT molecular complexity index is 342. The second-order valence-electron chi connectivity index (χ2n) is 4.50. The van der Waals surface area contributed by atoms with E-state index in [1.165, 1.54) is 5.56 Å². The van der Waals surface area contributed by atoms with E-state index >= 15 is 0 Å². The minimum Gasteiger partial charge on any atom is -0.507 e. The number of aromatic hydroxyl groups is 1. The van der Waals surface area contributed by atoms with Crippen LogP contribution < -0.4 is 0 Å². The first-order valence-corrected chi connectivity index (χ1v) is 6.27. The summed E-state index contributed by atoms with van der Waals surface area (Å²) in [6.07, 6.45) is 0. The van der Waals surface area contributed by atoms with Gasteiger partial charge in [0.15, 0.2) is 0 Å². The van der Waals surface area contributed by atoms with Crippen LogP contribution in [0.1, 0.15) is 30.5 Å². The van der Waals surface area contributed by atoms with Crippen molar-refractivity contribution in [2.45, 2.75) is 33.1 Å². The molecule has 78 valence electrons. The highest BCUT2D eigenvalue weighted by Gasteiger charge is 2.23. The van der Waals surface area contributed by atoms with E-state index in [0.717, 1.165) is 15.6 Å². The Hall–Kier alpha value is -0.250. The van der Waals surface area contributed by atoms with Crippen LogP contribution in [0.3, 0.4) is 0 Å². The van der Waals surface area contributed by atoms with Gasteiger partial charge in [-0.05, 0) is 19.4 Å². The molecule has 0 atom stereocenters. The molecule has 1 aromatic carbocycles. The van der Waals surface area contributed by atoms with Crippen LogP contribution in [0.2, 0.25) is 0 Å². The molecule has 1 nitrogen and oxygen atoms in total. The lowest BCUT2D eigenvalue weighted by Gasteiger charge is -2.24. The van der Waals surface area contributed by atoms with Gasteiger partial charge in [0.25, 0.3) is 0 Å². The fourth-order valence-electron chi connectivity index (χ4n) is 1.55. The van der Waals surface area contributed by atoms with E-state index < -0.39 is 0 Å². The SMILES string of the molecule is Cc1cc(C)c(O)c(C(C)(C)CI)c1. The summed E-state index contributed by atoms with van der Waals surface area (Å²) in [5.41, 5.74) is 3.29. The van der Waals surface area contributed by atoms with Gasteiger partial charge in [-0.1, -0.05) is 54.1 Å². The molecule has 0 fully saturated rings. The van der Waals surface area contributed by atoms with Gasteiger partial charge in [0.1, 0.15) is 5.75 Å². The minimum absolute atomic E-state index is 0.0431. The molecule has 1 aromatic rings. The third-order valence-electron chi connectivity index (χ3n) is 2.51. The van der Waals surface area contributed by atoms with Gasteiger partial charge in [-0.3, -0.25) is 0 Å². The van der Waals surface area contributed by atoms with Crippen molar-refractivity contribution in [3.8, 4) is 5.75 Å². The first kappa shape index (κ1) is 11.8. The van der Waals surface area contributed by atoms with Crippen LogP contribution in [0.15, 0.2) is 12.1 Å². The van der Waals surface area contributed by atoms with E-state index in [4.69, 9.17) is 0 Å². The number of alkyl halides is 1. The molecule has 0 spiro atoms. The predicted octanol–water partition coefficient (Wildman–Crippen LogP) is 3.72. The molecule has 2 heteroatoms. The van der Waals surface area contributed by atoms with E-state index in [0.29, 0.717) is 5.75 Å². The quantitative estimate of drug-likeness (QED) is 0.652.